The van der Waals surface area contributed by atoms with Gasteiger partial charge in [0.1, 0.15) is 0 Å². The third-order valence-corrected chi connectivity index (χ3v) is 3.51. The van der Waals surface area contributed by atoms with Crippen LogP contribution >= 0.6 is 0 Å². The minimum atomic E-state index is 0.0839. The molecule has 0 spiro atoms. The minimum Gasteiger partial charge on any atom is -0.504 e. The van der Waals surface area contributed by atoms with E-state index in [2.05, 4.69) is 28.8 Å². The van der Waals surface area contributed by atoms with E-state index in [9.17, 15) is 5.11 Å². The van der Waals surface area contributed by atoms with Gasteiger partial charge in [0, 0.05) is 17.5 Å². The molecule has 1 aliphatic rings. The van der Waals surface area contributed by atoms with Gasteiger partial charge in [0.2, 0.25) is 0 Å². The summed E-state index contributed by atoms with van der Waals surface area (Å²) >= 11 is 0. The Labute approximate surface area is 137 Å². The molecule has 4 heteroatoms. The largest absolute Gasteiger partial charge is 0.504 e. The molecule has 0 saturated carbocycles. The van der Waals surface area contributed by atoms with E-state index in [4.69, 9.17) is 0 Å². The van der Waals surface area contributed by atoms with E-state index >= 15 is 0 Å². The van der Waals surface area contributed by atoms with Crippen LogP contribution in [0.5, 0.6) is 0 Å². The first-order chi connectivity index (χ1) is 11.0. The summed E-state index contributed by atoms with van der Waals surface area (Å²) in [7, 11) is 0. The summed E-state index contributed by atoms with van der Waals surface area (Å²) in [5, 5.41) is 13.1. The summed E-state index contributed by atoms with van der Waals surface area (Å²) in [5.74, 6) is 0.464. The first-order valence-corrected chi connectivity index (χ1v) is 7.71. The Bertz CT molecular complexity index is 724. The van der Waals surface area contributed by atoms with Gasteiger partial charge in [-0.1, -0.05) is 24.8 Å². The Kier molecular flexibility index (Phi) is 5.52. The van der Waals surface area contributed by atoms with Gasteiger partial charge in [-0.3, -0.25) is 4.99 Å². The normalized spacial score (nSPS) is 15.8. The number of allylic oxidation sites excluding steroid dienone is 3. The van der Waals surface area contributed by atoms with Crippen LogP contribution in [0.3, 0.4) is 0 Å². The zero-order chi connectivity index (χ0) is 16.8. The van der Waals surface area contributed by atoms with Gasteiger partial charge in [0.05, 0.1) is 11.4 Å². The van der Waals surface area contributed by atoms with Gasteiger partial charge < -0.3 is 10.4 Å². The molecule has 1 aromatic carbocycles. The smallest absolute Gasteiger partial charge is 0.172 e. The van der Waals surface area contributed by atoms with Gasteiger partial charge in [-0.05, 0) is 51.3 Å². The molecule has 23 heavy (non-hydrogen) atoms. The molecule has 1 heterocycles. The van der Waals surface area contributed by atoms with Crippen LogP contribution in [0.1, 0.15) is 39.2 Å². The summed E-state index contributed by atoms with van der Waals surface area (Å²) < 4.78 is 0. The highest BCUT2D eigenvalue weighted by atomic mass is 16.3. The molecular formula is C19H23N3O. The van der Waals surface area contributed by atoms with E-state index in [-0.39, 0.29) is 5.76 Å². The number of nitrogens with one attached hydrogen (secondary N) is 1. The summed E-state index contributed by atoms with van der Waals surface area (Å²) in [6.45, 7) is 9.50. The van der Waals surface area contributed by atoms with Gasteiger partial charge in [0.25, 0.3) is 0 Å². The first kappa shape index (κ1) is 16.7. The lowest BCUT2D eigenvalue weighted by Crippen LogP contribution is -2.22. The Morgan fingerprint density at radius 1 is 1.39 bits per heavy atom. The molecule has 1 aliphatic heterocycles. The maximum atomic E-state index is 10.1. The van der Waals surface area contributed by atoms with Crippen LogP contribution in [-0.4, -0.2) is 17.2 Å². The lowest BCUT2D eigenvalue weighted by atomic mass is 10.0. The Morgan fingerprint density at radius 3 is 2.78 bits per heavy atom. The molecule has 0 saturated heterocycles. The Balaban J connectivity index is 2.53. The standard InChI is InChI=1S/C19H23N3O/c1-5-17(23)19(21-13(2)3)22-16-11-7-6-10-15(16)18-14(4)9-8-12-20-18/h5-7,10-12,23H,2,8-9H2,1,3-4H3,(H,21,22)/b17-5+. The minimum absolute atomic E-state index is 0.0839. The van der Waals surface area contributed by atoms with Crippen molar-refractivity contribution in [2.75, 3.05) is 0 Å². The van der Waals surface area contributed by atoms with E-state index in [1.54, 1.807) is 13.0 Å². The molecule has 0 amide bonds. The molecule has 0 aromatic heterocycles. The highest BCUT2D eigenvalue weighted by Gasteiger charge is 2.13. The quantitative estimate of drug-likeness (QED) is 0.472. The van der Waals surface area contributed by atoms with Crippen LogP contribution in [0.2, 0.25) is 0 Å². The van der Waals surface area contributed by atoms with Crippen molar-refractivity contribution in [3.63, 3.8) is 0 Å². The molecule has 0 atom stereocenters. The Morgan fingerprint density at radius 2 is 2.13 bits per heavy atom. The van der Waals surface area contributed by atoms with Gasteiger partial charge in [-0.15, -0.1) is 0 Å². The lowest BCUT2D eigenvalue weighted by Gasteiger charge is -2.15. The molecule has 4 nitrogen and oxygen atoms in total. The highest BCUT2D eigenvalue weighted by molar-refractivity contribution is 5.99. The van der Waals surface area contributed by atoms with Crippen molar-refractivity contribution in [1.82, 2.24) is 5.32 Å². The van der Waals surface area contributed by atoms with Crippen LogP contribution < -0.4 is 5.32 Å². The maximum Gasteiger partial charge on any atom is 0.172 e. The molecular weight excluding hydrogens is 286 g/mol. The van der Waals surface area contributed by atoms with Crippen LogP contribution in [-0.2, 0) is 0 Å². The zero-order valence-electron chi connectivity index (χ0n) is 13.9. The summed E-state index contributed by atoms with van der Waals surface area (Å²) in [5.41, 5.74) is 4.65. The SMILES string of the molecule is C=C(C)NC(=Nc1ccccc1C1=C(C)CCC=N1)/C(O)=C\C. The second-order valence-corrected chi connectivity index (χ2v) is 5.54. The van der Waals surface area contributed by atoms with E-state index in [1.165, 1.54) is 5.57 Å². The number of para-hydroxylation sites is 1. The topological polar surface area (TPSA) is 57.0 Å². The Hall–Kier alpha value is -2.62. The average Bonchev–Trinajstić information content (AvgIpc) is 2.54. The monoisotopic (exact) mass is 309 g/mol. The van der Waals surface area contributed by atoms with Crippen molar-refractivity contribution in [2.24, 2.45) is 9.98 Å². The number of hydrogen-bond donors (Lipinski definition) is 2. The summed E-state index contributed by atoms with van der Waals surface area (Å²) in [6.07, 6.45) is 5.52. The average molecular weight is 309 g/mol. The number of aliphatic hydroxyl groups excluding tert-OH is 1. The summed E-state index contributed by atoms with van der Waals surface area (Å²) in [6, 6.07) is 7.82. The second kappa shape index (κ2) is 7.58. The molecule has 1 aromatic rings. The third-order valence-electron chi connectivity index (χ3n) is 3.51. The number of nitrogens with zero attached hydrogens (tertiary/aromatic N) is 2. The fourth-order valence-corrected chi connectivity index (χ4v) is 2.34. The lowest BCUT2D eigenvalue weighted by molar-refractivity contribution is 0.439. The molecule has 2 N–H and O–H groups in total. The molecule has 0 fully saturated rings. The van der Waals surface area contributed by atoms with E-state index in [0.29, 0.717) is 11.5 Å². The zero-order valence-corrected chi connectivity index (χ0v) is 13.9. The highest BCUT2D eigenvalue weighted by Crippen LogP contribution is 2.32. The molecule has 0 aliphatic carbocycles. The fourth-order valence-electron chi connectivity index (χ4n) is 2.34. The van der Waals surface area contributed by atoms with Crippen molar-refractivity contribution in [3.8, 4) is 0 Å². The number of benzene rings is 1. The van der Waals surface area contributed by atoms with Gasteiger partial charge >= 0.3 is 0 Å². The van der Waals surface area contributed by atoms with Crippen molar-refractivity contribution in [2.45, 2.75) is 33.6 Å². The van der Waals surface area contributed by atoms with Crippen LogP contribution in [0.25, 0.3) is 5.70 Å². The molecule has 2 rings (SSSR count). The van der Waals surface area contributed by atoms with Crippen molar-refractivity contribution in [1.29, 1.82) is 0 Å². The van der Waals surface area contributed by atoms with Crippen molar-refractivity contribution in [3.05, 3.63) is 59.5 Å². The number of aliphatic hydroxyl groups is 1. The molecule has 0 unspecified atom stereocenters. The van der Waals surface area contributed by atoms with E-state index < -0.39 is 0 Å². The van der Waals surface area contributed by atoms with Gasteiger partial charge in [-0.2, -0.15) is 0 Å². The molecule has 0 bridgehead atoms. The van der Waals surface area contributed by atoms with E-state index in [0.717, 1.165) is 29.8 Å². The third kappa shape index (κ3) is 4.19. The number of rotatable bonds is 4. The second-order valence-electron chi connectivity index (χ2n) is 5.54. The van der Waals surface area contributed by atoms with Crippen molar-refractivity contribution >= 4 is 23.4 Å². The number of amidine groups is 1. The number of hydrogen-bond acceptors (Lipinski definition) is 3. The van der Waals surface area contributed by atoms with Crippen LogP contribution in [0.15, 0.2) is 63.9 Å². The molecule has 0 radical (unpaired) electrons. The molecule has 120 valence electrons. The predicted octanol–water partition coefficient (Wildman–Crippen LogP) is 4.90. The van der Waals surface area contributed by atoms with Gasteiger partial charge in [-0.25, -0.2) is 4.99 Å². The van der Waals surface area contributed by atoms with Gasteiger partial charge in [0.15, 0.2) is 11.6 Å². The number of aliphatic imine (C=N–C) groups is 2. The van der Waals surface area contributed by atoms with E-state index in [1.807, 2.05) is 37.4 Å². The summed E-state index contributed by atoms with van der Waals surface area (Å²) in [4.78, 5) is 9.14. The van der Waals surface area contributed by atoms with Crippen molar-refractivity contribution < 1.29 is 5.11 Å². The predicted molar refractivity (Wildman–Crippen MR) is 98.2 cm³/mol. The van der Waals surface area contributed by atoms with Crippen LogP contribution in [0, 0.1) is 0 Å². The van der Waals surface area contributed by atoms with Crippen LogP contribution in [0.4, 0.5) is 5.69 Å². The first-order valence-electron chi connectivity index (χ1n) is 7.71. The maximum absolute atomic E-state index is 10.1. The fraction of sp³-hybridized carbons (Fsp3) is 0.263.